The first-order valence-electron chi connectivity index (χ1n) is 14.4. The molecule has 10 heteroatoms. The summed E-state index contributed by atoms with van der Waals surface area (Å²) in [5.41, 5.74) is 3.96. The van der Waals surface area contributed by atoms with Crippen molar-refractivity contribution >= 4 is 0 Å². The van der Waals surface area contributed by atoms with Crippen molar-refractivity contribution in [3.05, 3.63) is 83.4 Å². The van der Waals surface area contributed by atoms with Crippen molar-refractivity contribution in [3.8, 4) is 35.0 Å². The Morgan fingerprint density at radius 3 is 1.70 bits per heavy atom. The Balaban J connectivity index is 0.000000295. The minimum Gasteiger partial charge on any atom is -0.496 e. The molecule has 0 radical (unpaired) electrons. The van der Waals surface area contributed by atoms with Gasteiger partial charge in [-0.2, -0.15) is 0 Å². The Morgan fingerprint density at radius 2 is 1.18 bits per heavy atom. The van der Waals surface area contributed by atoms with Crippen molar-refractivity contribution in [1.82, 2.24) is 19.9 Å². The Kier molecular flexibility index (Phi) is 18.0. The molecule has 0 bridgehead atoms. The van der Waals surface area contributed by atoms with Crippen LogP contribution in [0.15, 0.2) is 60.8 Å². The highest BCUT2D eigenvalue weighted by molar-refractivity contribution is 5.30. The van der Waals surface area contributed by atoms with Crippen LogP contribution in [0.3, 0.4) is 0 Å². The first-order valence-corrected chi connectivity index (χ1v) is 14.4. The molecule has 0 aliphatic rings. The zero-order valence-electron chi connectivity index (χ0n) is 28.0. The van der Waals surface area contributed by atoms with Gasteiger partial charge in [0, 0.05) is 59.7 Å². The van der Waals surface area contributed by atoms with E-state index < -0.39 is 0 Å². The summed E-state index contributed by atoms with van der Waals surface area (Å²) >= 11 is 0. The van der Waals surface area contributed by atoms with E-state index in [9.17, 15) is 0 Å². The molecule has 4 heterocycles. The summed E-state index contributed by atoms with van der Waals surface area (Å²) in [7, 11) is 4.82. The predicted molar refractivity (Wildman–Crippen MR) is 174 cm³/mol. The SMILES string of the molecule is CCOc1cc(C)nc(OCC)c1.COc1cc(C)ccn1.COc1cc(C)nc(OC)c1.Cc1cccc(OC(C)C)n1. The second-order valence-electron chi connectivity index (χ2n) is 9.50. The smallest absolute Gasteiger partial charge is 0.217 e. The Bertz CT molecular complexity index is 1320. The van der Waals surface area contributed by atoms with Crippen LogP contribution in [0.2, 0.25) is 0 Å². The van der Waals surface area contributed by atoms with E-state index in [4.69, 9.17) is 28.4 Å². The van der Waals surface area contributed by atoms with Crippen molar-refractivity contribution < 1.29 is 28.4 Å². The van der Waals surface area contributed by atoms with E-state index in [1.165, 1.54) is 5.56 Å². The van der Waals surface area contributed by atoms with Crippen LogP contribution in [0.25, 0.3) is 0 Å². The molecule has 0 N–H and O–H groups in total. The molecular weight excluding hydrogens is 560 g/mol. The Morgan fingerprint density at radius 1 is 0.591 bits per heavy atom. The molecule has 0 fully saturated rings. The minimum absolute atomic E-state index is 0.198. The van der Waals surface area contributed by atoms with Gasteiger partial charge in [-0.1, -0.05) is 6.07 Å². The molecule has 44 heavy (non-hydrogen) atoms. The molecule has 0 aliphatic carbocycles. The van der Waals surface area contributed by atoms with Crippen LogP contribution < -0.4 is 28.4 Å². The highest BCUT2D eigenvalue weighted by Crippen LogP contribution is 2.19. The first-order chi connectivity index (χ1) is 21.0. The third kappa shape index (κ3) is 16.1. The summed E-state index contributed by atoms with van der Waals surface area (Å²) in [5, 5.41) is 0. The lowest BCUT2D eigenvalue weighted by Gasteiger charge is -2.07. The molecule has 0 saturated carbocycles. The van der Waals surface area contributed by atoms with Gasteiger partial charge >= 0.3 is 0 Å². The average molecular weight is 609 g/mol. The van der Waals surface area contributed by atoms with Gasteiger partial charge in [-0.05, 0) is 73.1 Å². The van der Waals surface area contributed by atoms with Gasteiger partial charge in [0.2, 0.25) is 23.5 Å². The highest BCUT2D eigenvalue weighted by atomic mass is 16.5. The van der Waals surface area contributed by atoms with Gasteiger partial charge in [0.15, 0.2) is 0 Å². The van der Waals surface area contributed by atoms with E-state index in [0.717, 1.165) is 28.6 Å². The van der Waals surface area contributed by atoms with Gasteiger partial charge in [0.25, 0.3) is 0 Å². The van der Waals surface area contributed by atoms with Gasteiger partial charge in [-0.25, -0.2) is 19.9 Å². The Labute approximate surface area is 262 Å². The number of methoxy groups -OCH3 is 3. The number of rotatable bonds is 9. The summed E-state index contributed by atoms with van der Waals surface area (Å²) in [6.45, 7) is 16.9. The van der Waals surface area contributed by atoms with Gasteiger partial charge in [-0.3, -0.25) is 0 Å². The van der Waals surface area contributed by atoms with Crippen molar-refractivity contribution in [2.24, 2.45) is 0 Å². The lowest BCUT2D eigenvalue weighted by Crippen LogP contribution is -2.06. The van der Waals surface area contributed by atoms with Gasteiger partial charge in [0.05, 0.1) is 40.6 Å². The van der Waals surface area contributed by atoms with Crippen LogP contribution in [0.1, 0.15) is 50.3 Å². The number of ether oxygens (including phenoxy) is 6. The molecule has 0 aliphatic heterocycles. The largest absolute Gasteiger partial charge is 0.496 e. The maximum atomic E-state index is 5.38. The molecule has 4 aromatic heterocycles. The number of nitrogens with zero attached hydrogens (tertiary/aromatic N) is 4. The van der Waals surface area contributed by atoms with Crippen LogP contribution in [0.5, 0.6) is 35.0 Å². The van der Waals surface area contributed by atoms with Gasteiger partial charge < -0.3 is 28.4 Å². The van der Waals surface area contributed by atoms with Gasteiger partial charge in [-0.15, -0.1) is 0 Å². The molecule has 240 valence electrons. The van der Waals surface area contributed by atoms with Crippen molar-refractivity contribution in [2.75, 3.05) is 34.5 Å². The van der Waals surface area contributed by atoms with Crippen LogP contribution in [-0.4, -0.2) is 60.6 Å². The average Bonchev–Trinajstić information content (AvgIpc) is 2.97. The topological polar surface area (TPSA) is 107 Å². The summed E-state index contributed by atoms with van der Waals surface area (Å²) in [6, 6.07) is 16.9. The third-order valence-electron chi connectivity index (χ3n) is 5.17. The zero-order valence-corrected chi connectivity index (χ0v) is 28.0. The van der Waals surface area contributed by atoms with E-state index in [0.29, 0.717) is 36.7 Å². The fourth-order valence-corrected chi connectivity index (χ4v) is 3.35. The molecule has 0 unspecified atom stereocenters. The van der Waals surface area contributed by atoms with E-state index in [1.54, 1.807) is 39.7 Å². The van der Waals surface area contributed by atoms with E-state index in [-0.39, 0.29) is 6.10 Å². The number of hydrogen-bond acceptors (Lipinski definition) is 10. The van der Waals surface area contributed by atoms with E-state index in [1.807, 2.05) is 97.9 Å². The van der Waals surface area contributed by atoms with Crippen molar-refractivity contribution in [3.63, 3.8) is 0 Å². The lowest BCUT2D eigenvalue weighted by molar-refractivity contribution is 0.232. The third-order valence-corrected chi connectivity index (χ3v) is 5.17. The molecule has 0 saturated heterocycles. The van der Waals surface area contributed by atoms with Crippen LogP contribution in [0.4, 0.5) is 0 Å². The summed E-state index contributed by atoms with van der Waals surface area (Å²) in [5.74, 6) is 4.19. The predicted octanol–water partition coefficient (Wildman–Crippen LogP) is 7.17. The minimum atomic E-state index is 0.198. The fraction of sp³-hybridized carbons (Fsp3) is 0.412. The maximum Gasteiger partial charge on any atom is 0.217 e. The van der Waals surface area contributed by atoms with Crippen molar-refractivity contribution in [1.29, 1.82) is 0 Å². The van der Waals surface area contributed by atoms with Crippen LogP contribution in [0, 0.1) is 27.7 Å². The number of hydrogen-bond donors (Lipinski definition) is 0. The zero-order chi connectivity index (χ0) is 32.9. The molecule has 0 spiro atoms. The summed E-state index contributed by atoms with van der Waals surface area (Å²) < 4.78 is 30.9. The molecule has 4 aromatic rings. The molecule has 0 amide bonds. The van der Waals surface area contributed by atoms with Crippen molar-refractivity contribution in [2.45, 2.75) is 61.5 Å². The normalized spacial score (nSPS) is 9.64. The number of pyridine rings is 4. The highest BCUT2D eigenvalue weighted by Gasteiger charge is 2.01. The quantitative estimate of drug-likeness (QED) is 0.194. The summed E-state index contributed by atoms with van der Waals surface area (Å²) in [4.78, 5) is 16.4. The maximum absolute atomic E-state index is 5.38. The lowest BCUT2D eigenvalue weighted by atomic mass is 10.3. The molecule has 10 nitrogen and oxygen atoms in total. The standard InChI is InChI=1S/C10H15NO2.C9H13NO.C8H11NO2.C7H9NO/c1-4-12-9-6-8(3)11-10(7-9)13-5-2;1-7(2)11-9-6-4-5-8(3)10-9;1-6-4-7(10-2)5-8(9-6)11-3;1-6-3-4-8-7(5-6)9-2/h6-7H,4-5H2,1-3H3;4-7H,1-3H3;4-5H,1-3H3;3-5H,1-2H3. The van der Waals surface area contributed by atoms with Crippen LogP contribution >= 0.6 is 0 Å². The van der Waals surface area contributed by atoms with E-state index >= 15 is 0 Å². The molecule has 0 aromatic carbocycles. The van der Waals surface area contributed by atoms with Gasteiger partial charge in [0.1, 0.15) is 11.5 Å². The number of aromatic nitrogens is 4. The first kappa shape index (κ1) is 37.4. The fourth-order valence-electron chi connectivity index (χ4n) is 3.35. The second-order valence-corrected chi connectivity index (χ2v) is 9.50. The van der Waals surface area contributed by atoms with Crippen LogP contribution in [-0.2, 0) is 0 Å². The summed E-state index contributed by atoms with van der Waals surface area (Å²) in [6.07, 6.45) is 1.93. The Hall–Kier alpha value is -4.60. The number of aryl methyl sites for hydroxylation is 4. The molecule has 4 rings (SSSR count). The van der Waals surface area contributed by atoms with E-state index in [2.05, 4.69) is 19.9 Å². The second kappa shape index (κ2) is 21.1. The monoisotopic (exact) mass is 608 g/mol. The molecular formula is C34H48N4O6. The molecule has 0 atom stereocenters.